The van der Waals surface area contributed by atoms with Gasteiger partial charge in [0, 0.05) is 45.9 Å². The molecule has 0 saturated carbocycles. The summed E-state index contributed by atoms with van der Waals surface area (Å²) in [6, 6.07) is 0. The maximum atomic E-state index is 12.0. The summed E-state index contributed by atoms with van der Waals surface area (Å²) in [4.78, 5) is 16.2. The van der Waals surface area contributed by atoms with E-state index < -0.39 is 0 Å². The number of rotatable bonds is 2. The van der Waals surface area contributed by atoms with Gasteiger partial charge in [-0.25, -0.2) is 0 Å². The molecular formula is C11H21N3O2. The number of ether oxygens (including phenoxy) is 1. The van der Waals surface area contributed by atoms with E-state index in [0.717, 1.165) is 58.9 Å². The van der Waals surface area contributed by atoms with Crippen molar-refractivity contribution in [3.8, 4) is 0 Å². The zero-order chi connectivity index (χ0) is 11.2. The summed E-state index contributed by atoms with van der Waals surface area (Å²) in [6.07, 6.45) is 1.04. The Kier molecular flexibility index (Phi) is 4.56. The van der Waals surface area contributed by atoms with Crippen LogP contribution in [0, 0.1) is 0 Å². The molecule has 0 unspecified atom stereocenters. The molecule has 2 fully saturated rings. The first-order chi connectivity index (χ1) is 7.86. The number of hydrogen-bond acceptors (Lipinski definition) is 4. The van der Waals surface area contributed by atoms with Gasteiger partial charge in [-0.15, -0.1) is 0 Å². The van der Waals surface area contributed by atoms with Gasteiger partial charge in [-0.3, -0.25) is 9.69 Å². The Labute approximate surface area is 96.7 Å². The monoisotopic (exact) mass is 227 g/mol. The minimum Gasteiger partial charge on any atom is -0.380 e. The van der Waals surface area contributed by atoms with E-state index in [1.807, 2.05) is 4.90 Å². The average Bonchev–Trinajstić information content (AvgIpc) is 2.59. The Morgan fingerprint density at radius 2 is 1.94 bits per heavy atom. The third-order valence-electron chi connectivity index (χ3n) is 3.14. The molecule has 92 valence electrons. The van der Waals surface area contributed by atoms with E-state index in [9.17, 15) is 4.79 Å². The van der Waals surface area contributed by atoms with Gasteiger partial charge in [-0.2, -0.15) is 0 Å². The lowest BCUT2D eigenvalue weighted by Crippen LogP contribution is -2.49. The molecule has 0 radical (unpaired) electrons. The molecule has 2 saturated heterocycles. The van der Waals surface area contributed by atoms with Gasteiger partial charge in [0.15, 0.2) is 0 Å². The summed E-state index contributed by atoms with van der Waals surface area (Å²) >= 11 is 0. The van der Waals surface area contributed by atoms with Crippen molar-refractivity contribution in [3.05, 3.63) is 0 Å². The number of piperazine rings is 1. The second kappa shape index (κ2) is 6.18. The van der Waals surface area contributed by atoms with E-state index in [1.54, 1.807) is 0 Å². The number of amides is 1. The molecule has 1 amide bonds. The van der Waals surface area contributed by atoms with Crippen LogP contribution in [-0.4, -0.2) is 74.7 Å². The lowest BCUT2D eigenvalue weighted by molar-refractivity contribution is -0.133. The van der Waals surface area contributed by atoms with Crippen molar-refractivity contribution in [1.82, 2.24) is 15.1 Å². The van der Waals surface area contributed by atoms with Crippen LogP contribution in [0.2, 0.25) is 0 Å². The first-order valence-corrected chi connectivity index (χ1v) is 6.15. The Morgan fingerprint density at radius 1 is 1.12 bits per heavy atom. The molecule has 0 aliphatic carbocycles. The van der Waals surface area contributed by atoms with E-state index >= 15 is 0 Å². The summed E-state index contributed by atoms with van der Waals surface area (Å²) < 4.78 is 5.38. The van der Waals surface area contributed by atoms with E-state index in [4.69, 9.17) is 4.74 Å². The fraction of sp³-hybridized carbons (Fsp3) is 0.909. The average molecular weight is 227 g/mol. The highest BCUT2D eigenvalue weighted by Crippen LogP contribution is 2.01. The second-order valence-corrected chi connectivity index (χ2v) is 4.37. The topological polar surface area (TPSA) is 44.8 Å². The lowest BCUT2D eigenvalue weighted by atomic mass is 10.3. The maximum Gasteiger partial charge on any atom is 0.236 e. The van der Waals surface area contributed by atoms with Gasteiger partial charge in [0.05, 0.1) is 13.2 Å². The van der Waals surface area contributed by atoms with Crippen molar-refractivity contribution in [2.75, 3.05) is 59.0 Å². The Bertz CT molecular complexity index is 221. The Morgan fingerprint density at radius 3 is 2.75 bits per heavy atom. The molecule has 16 heavy (non-hydrogen) atoms. The van der Waals surface area contributed by atoms with Crippen LogP contribution in [0.3, 0.4) is 0 Å². The van der Waals surface area contributed by atoms with Gasteiger partial charge in [-0.1, -0.05) is 0 Å². The van der Waals surface area contributed by atoms with E-state index in [-0.39, 0.29) is 5.91 Å². The number of nitrogens with zero attached hydrogens (tertiary/aromatic N) is 2. The van der Waals surface area contributed by atoms with E-state index in [0.29, 0.717) is 6.54 Å². The Hall–Kier alpha value is -0.650. The highest BCUT2D eigenvalue weighted by Gasteiger charge is 2.19. The van der Waals surface area contributed by atoms with Gasteiger partial charge in [0.25, 0.3) is 0 Å². The minimum absolute atomic E-state index is 0.267. The highest BCUT2D eigenvalue weighted by atomic mass is 16.5. The van der Waals surface area contributed by atoms with Crippen molar-refractivity contribution in [2.45, 2.75) is 6.42 Å². The van der Waals surface area contributed by atoms with Gasteiger partial charge in [0.2, 0.25) is 5.91 Å². The van der Waals surface area contributed by atoms with Gasteiger partial charge in [-0.05, 0) is 6.42 Å². The van der Waals surface area contributed by atoms with Crippen molar-refractivity contribution in [2.24, 2.45) is 0 Å². The minimum atomic E-state index is 0.267. The molecule has 2 heterocycles. The molecule has 2 aliphatic heterocycles. The smallest absolute Gasteiger partial charge is 0.236 e. The number of nitrogens with one attached hydrogen (secondary N) is 1. The first kappa shape index (κ1) is 11.8. The van der Waals surface area contributed by atoms with Crippen LogP contribution >= 0.6 is 0 Å². The van der Waals surface area contributed by atoms with Crippen LogP contribution in [0.15, 0.2) is 0 Å². The van der Waals surface area contributed by atoms with Crippen LogP contribution < -0.4 is 5.32 Å². The largest absolute Gasteiger partial charge is 0.380 e. The summed E-state index contributed by atoms with van der Waals surface area (Å²) in [5.41, 5.74) is 0. The summed E-state index contributed by atoms with van der Waals surface area (Å²) in [5.74, 6) is 0.267. The highest BCUT2D eigenvalue weighted by molar-refractivity contribution is 5.78. The predicted octanol–water partition coefficient (Wildman–Crippen LogP) is -0.859. The zero-order valence-electron chi connectivity index (χ0n) is 9.78. The van der Waals surface area contributed by atoms with Crippen molar-refractivity contribution >= 4 is 5.91 Å². The number of carbonyl (C=O) groups is 1. The van der Waals surface area contributed by atoms with Crippen molar-refractivity contribution in [3.63, 3.8) is 0 Å². The molecule has 0 aromatic heterocycles. The Balaban J connectivity index is 1.76. The van der Waals surface area contributed by atoms with Crippen LogP contribution in [0.4, 0.5) is 0 Å². The van der Waals surface area contributed by atoms with Crippen LogP contribution in [0.5, 0.6) is 0 Å². The molecular weight excluding hydrogens is 206 g/mol. The van der Waals surface area contributed by atoms with Crippen molar-refractivity contribution < 1.29 is 9.53 Å². The maximum absolute atomic E-state index is 12.0. The molecule has 0 atom stereocenters. The van der Waals surface area contributed by atoms with Crippen molar-refractivity contribution in [1.29, 1.82) is 0 Å². The SMILES string of the molecule is O=C(CN1CCCOCC1)N1CCNCC1. The lowest BCUT2D eigenvalue weighted by Gasteiger charge is -2.29. The normalized spacial score (nSPS) is 24.1. The molecule has 0 bridgehead atoms. The van der Waals surface area contributed by atoms with Gasteiger partial charge in [0.1, 0.15) is 0 Å². The van der Waals surface area contributed by atoms with Gasteiger partial charge < -0.3 is 15.0 Å². The fourth-order valence-electron chi connectivity index (χ4n) is 2.16. The van der Waals surface area contributed by atoms with Crippen LogP contribution in [0.25, 0.3) is 0 Å². The molecule has 5 nitrogen and oxygen atoms in total. The zero-order valence-corrected chi connectivity index (χ0v) is 9.78. The second-order valence-electron chi connectivity index (χ2n) is 4.37. The number of carbonyl (C=O) groups excluding carboxylic acids is 1. The predicted molar refractivity (Wildman–Crippen MR) is 61.3 cm³/mol. The van der Waals surface area contributed by atoms with Crippen LogP contribution in [0.1, 0.15) is 6.42 Å². The summed E-state index contributed by atoms with van der Waals surface area (Å²) in [6.45, 7) is 7.57. The molecule has 0 spiro atoms. The third kappa shape index (κ3) is 3.43. The number of hydrogen-bond donors (Lipinski definition) is 1. The quantitative estimate of drug-likeness (QED) is 0.667. The molecule has 5 heteroatoms. The standard InChI is InChI=1S/C11H21N3O2/c15-11(14-5-2-12-3-6-14)10-13-4-1-8-16-9-7-13/h12H,1-10H2. The fourth-order valence-corrected chi connectivity index (χ4v) is 2.16. The third-order valence-corrected chi connectivity index (χ3v) is 3.14. The molecule has 0 aromatic carbocycles. The summed E-state index contributed by atoms with van der Waals surface area (Å²) in [5, 5.41) is 3.26. The van der Waals surface area contributed by atoms with E-state index in [2.05, 4.69) is 10.2 Å². The van der Waals surface area contributed by atoms with Gasteiger partial charge >= 0.3 is 0 Å². The molecule has 2 rings (SSSR count). The molecule has 2 aliphatic rings. The van der Waals surface area contributed by atoms with E-state index in [1.165, 1.54) is 0 Å². The molecule has 0 aromatic rings. The summed E-state index contributed by atoms with van der Waals surface area (Å²) in [7, 11) is 0. The van der Waals surface area contributed by atoms with Crippen LogP contribution in [-0.2, 0) is 9.53 Å². The first-order valence-electron chi connectivity index (χ1n) is 6.15. The molecule has 1 N–H and O–H groups in total.